The van der Waals surface area contributed by atoms with Gasteiger partial charge < -0.3 is 10.6 Å². The normalized spacial score (nSPS) is 18.2. The lowest BCUT2D eigenvalue weighted by molar-refractivity contribution is -0.131. The number of nitrogens with two attached hydrogens (primary N) is 1. The Morgan fingerprint density at radius 1 is 1.47 bits per heavy atom. The summed E-state index contributed by atoms with van der Waals surface area (Å²) < 4.78 is 1.06. The SMILES string of the molecule is Cl.NCC1CCCN1C(=O)CCc1cccc(Br)c1. The molecular formula is C14H20BrClN2O. The number of halogens is 2. The van der Waals surface area contributed by atoms with Gasteiger partial charge in [0.05, 0.1) is 0 Å². The second-order valence-electron chi connectivity index (χ2n) is 4.75. The number of carbonyl (C=O) groups excluding carboxylic acids is 1. The second kappa shape index (κ2) is 7.88. The molecule has 1 amide bonds. The first-order valence-corrected chi connectivity index (χ1v) is 7.24. The number of hydrogen-bond donors (Lipinski definition) is 1. The minimum atomic E-state index is 0. The minimum absolute atomic E-state index is 0. The molecule has 1 aromatic carbocycles. The topological polar surface area (TPSA) is 46.3 Å². The molecular weight excluding hydrogens is 328 g/mol. The summed E-state index contributed by atoms with van der Waals surface area (Å²) in [4.78, 5) is 14.1. The van der Waals surface area contributed by atoms with Crippen molar-refractivity contribution in [1.29, 1.82) is 0 Å². The molecule has 1 saturated heterocycles. The van der Waals surface area contributed by atoms with Crippen LogP contribution in [0, 0.1) is 0 Å². The molecule has 1 aromatic rings. The third kappa shape index (κ3) is 4.48. The van der Waals surface area contributed by atoms with Crippen molar-refractivity contribution in [2.75, 3.05) is 13.1 Å². The number of nitrogens with zero attached hydrogens (tertiary/aromatic N) is 1. The van der Waals surface area contributed by atoms with Crippen molar-refractivity contribution in [2.45, 2.75) is 31.7 Å². The molecule has 1 aliphatic rings. The van der Waals surface area contributed by atoms with Crippen LogP contribution in [0.3, 0.4) is 0 Å². The molecule has 0 aliphatic carbocycles. The van der Waals surface area contributed by atoms with Crippen LogP contribution in [-0.4, -0.2) is 29.9 Å². The van der Waals surface area contributed by atoms with E-state index >= 15 is 0 Å². The molecule has 1 aliphatic heterocycles. The maximum atomic E-state index is 12.1. The van der Waals surface area contributed by atoms with Crippen LogP contribution >= 0.6 is 28.3 Å². The van der Waals surface area contributed by atoms with Gasteiger partial charge in [-0.05, 0) is 37.0 Å². The van der Waals surface area contributed by atoms with Gasteiger partial charge in [0.2, 0.25) is 5.91 Å². The second-order valence-corrected chi connectivity index (χ2v) is 5.66. The fourth-order valence-corrected chi connectivity index (χ4v) is 2.94. The Morgan fingerprint density at radius 2 is 2.26 bits per heavy atom. The van der Waals surface area contributed by atoms with E-state index in [4.69, 9.17) is 5.73 Å². The van der Waals surface area contributed by atoms with Crippen LogP contribution in [0.15, 0.2) is 28.7 Å². The average molecular weight is 348 g/mol. The van der Waals surface area contributed by atoms with Gasteiger partial charge in [-0.1, -0.05) is 28.1 Å². The van der Waals surface area contributed by atoms with Gasteiger partial charge in [-0.25, -0.2) is 0 Å². The first kappa shape index (κ1) is 16.5. The molecule has 1 atom stereocenters. The predicted octanol–water partition coefficient (Wildman–Crippen LogP) is 2.75. The van der Waals surface area contributed by atoms with Crippen molar-refractivity contribution >= 4 is 34.2 Å². The fourth-order valence-electron chi connectivity index (χ4n) is 2.50. The van der Waals surface area contributed by atoms with Gasteiger partial charge in [-0.2, -0.15) is 0 Å². The number of amides is 1. The van der Waals surface area contributed by atoms with E-state index in [0.717, 1.165) is 30.3 Å². The molecule has 0 saturated carbocycles. The van der Waals surface area contributed by atoms with E-state index in [1.807, 2.05) is 17.0 Å². The average Bonchev–Trinajstić information content (AvgIpc) is 2.84. The number of rotatable bonds is 4. The molecule has 5 heteroatoms. The number of aryl methyl sites for hydroxylation is 1. The van der Waals surface area contributed by atoms with Crippen molar-refractivity contribution in [2.24, 2.45) is 5.73 Å². The third-order valence-electron chi connectivity index (χ3n) is 3.49. The summed E-state index contributed by atoms with van der Waals surface area (Å²) in [6.07, 6.45) is 3.52. The number of carbonyl (C=O) groups is 1. The van der Waals surface area contributed by atoms with E-state index in [0.29, 0.717) is 13.0 Å². The van der Waals surface area contributed by atoms with E-state index in [-0.39, 0.29) is 24.4 Å². The highest BCUT2D eigenvalue weighted by molar-refractivity contribution is 9.10. The summed E-state index contributed by atoms with van der Waals surface area (Å²) >= 11 is 3.44. The number of hydrogen-bond acceptors (Lipinski definition) is 2. The van der Waals surface area contributed by atoms with E-state index in [1.165, 1.54) is 5.56 Å². The van der Waals surface area contributed by atoms with Crippen LogP contribution in [0.5, 0.6) is 0 Å². The van der Waals surface area contributed by atoms with Gasteiger partial charge in [0, 0.05) is 30.0 Å². The molecule has 3 nitrogen and oxygen atoms in total. The molecule has 1 heterocycles. The maximum absolute atomic E-state index is 12.1. The predicted molar refractivity (Wildman–Crippen MR) is 83.5 cm³/mol. The van der Waals surface area contributed by atoms with E-state index in [1.54, 1.807) is 0 Å². The van der Waals surface area contributed by atoms with Crippen molar-refractivity contribution in [3.05, 3.63) is 34.3 Å². The summed E-state index contributed by atoms with van der Waals surface area (Å²) in [5, 5.41) is 0. The zero-order chi connectivity index (χ0) is 13.0. The monoisotopic (exact) mass is 346 g/mol. The van der Waals surface area contributed by atoms with Crippen LogP contribution in [0.2, 0.25) is 0 Å². The molecule has 0 spiro atoms. The van der Waals surface area contributed by atoms with Gasteiger partial charge in [0.15, 0.2) is 0 Å². The fraction of sp³-hybridized carbons (Fsp3) is 0.500. The summed E-state index contributed by atoms with van der Waals surface area (Å²) in [7, 11) is 0. The van der Waals surface area contributed by atoms with E-state index in [9.17, 15) is 4.79 Å². The zero-order valence-corrected chi connectivity index (χ0v) is 13.3. The molecule has 106 valence electrons. The molecule has 2 N–H and O–H groups in total. The third-order valence-corrected chi connectivity index (χ3v) is 3.98. The Balaban J connectivity index is 0.00000180. The van der Waals surface area contributed by atoms with E-state index < -0.39 is 0 Å². The Kier molecular flexibility index (Phi) is 6.83. The van der Waals surface area contributed by atoms with Crippen LogP contribution < -0.4 is 5.73 Å². The van der Waals surface area contributed by atoms with Crippen LogP contribution in [0.1, 0.15) is 24.8 Å². The van der Waals surface area contributed by atoms with Crippen molar-refractivity contribution in [3.8, 4) is 0 Å². The van der Waals surface area contributed by atoms with Crippen LogP contribution in [0.4, 0.5) is 0 Å². The Morgan fingerprint density at radius 3 is 2.95 bits per heavy atom. The van der Waals surface area contributed by atoms with Crippen molar-refractivity contribution in [1.82, 2.24) is 4.90 Å². The first-order chi connectivity index (χ1) is 8.70. The molecule has 0 radical (unpaired) electrons. The van der Waals surface area contributed by atoms with E-state index in [2.05, 4.69) is 28.1 Å². The molecule has 2 rings (SSSR count). The van der Waals surface area contributed by atoms with Gasteiger partial charge in [-0.15, -0.1) is 12.4 Å². The Labute approximate surface area is 129 Å². The van der Waals surface area contributed by atoms with Crippen LogP contribution in [0.25, 0.3) is 0 Å². The molecule has 1 fully saturated rings. The lowest BCUT2D eigenvalue weighted by Gasteiger charge is -2.23. The van der Waals surface area contributed by atoms with Crippen molar-refractivity contribution < 1.29 is 4.79 Å². The van der Waals surface area contributed by atoms with Gasteiger partial charge in [-0.3, -0.25) is 4.79 Å². The Hall–Kier alpha value is -0.580. The Bertz CT molecular complexity index is 428. The number of likely N-dealkylation sites (tertiary alicyclic amines) is 1. The number of benzene rings is 1. The highest BCUT2D eigenvalue weighted by Gasteiger charge is 2.26. The molecule has 1 unspecified atom stereocenters. The lowest BCUT2D eigenvalue weighted by Crippen LogP contribution is -2.39. The smallest absolute Gasteiger partial charge is 0.223 e. The van der Waals surface area contributed by atoms with Gasteiger partial charge in [0.25, 0.3) is 0 Å². The molecule has 0 aromatic heterocycles. The standard InChI is InChI=1S/C14H19BrN2O.ClH/c15-12-4-1-3-11(9-12)6-7-14(18)17-8-2-5-13(17)10-16;/h1,3-4,9,13H,2,5-8,10,16H2;1H. The quantitative estimate of drug-likeness (QED) is 0.910. The van der Waals surface area contributed by atoms with Gasteiger partial charge >= 0.3 is 0 Å². The maximum Gasteiger partial charge on any atom is 0.223 e. The van der Waals surface area contributed by atoms with Crippen LogP contribution in [-0.2, 0) is 11.2 Å². The highest BCUT2D eigenvalue weighted by atomic mass is 79.9. The molecule has 0 bridgehead atoms. The van der Waals surface area contributed by atoms with Gasteiger partial charge in [0.1, 0.15) is 0 Å². The molecule has 19 heavy (non-hydrogen) atoms. The highest BCUT2D eigenvalue weighted by Crippen LogP contribution is 2.18. The minimum Gasteiger partial charge on any atom is -0.338 e. The van der Waals surface area contributed by atoms with Crippen molar-refractivity contribution in [3.63, 3.8) is 0 Å². The largest absolute Gasteiger partial charge is 0.338 e. The lowest BCUT2D eigenvalue weighted by atomic mass is 10.1. The summed E-state index contributed by atoms with van der Waals surface area (Å²) in [5.74, 6) is 0.239. The summed E-state index contributed by atoms with van der Waals surface area (Å²) in [5.41, 5.74) is 6.88. The first-order valence-electron chi connectivity index (χ1n) is 6.44. The summed E-state index contributed by atoms with van der Waals surface area (Å²) in [6, 6.07) is 8.39. The zero-order valence-electron chi connectivity index (χ0n) is 10.8. The summed E-state index contributed by atoms with van der Waals surface area (Å²) in [6.45, 7) is 1.46.